The Morgan fingerprint density at radius 3 is 2.83 bits per heavy atom. The molecule has 0 saturated heterocycles. The Bertz CT molecular complexity index is 761. The van der Waals surface area contributed by atoms with E-state index in [-0.39, 0.29) is 17.1 Å². The highest BCUT2D eigenvalue weighted by Gasteiger charge is 2.32. The predicted octanol–water partition coefficient (Wildman–Crippen LogP) is 2.27. The summed E-state index contributed by atoms with van der Waals surface area (Å²) in [6.45, 7) is 6.69. The molecule has 0 bridgehead atoms. The van der Waals surface area contributed by atoms with E-state index in [2.05, 4.69) is 21.9 Å². The number of aromatic nitrogens is 2. The Morgan fingerprint density at radius 2 is 2.13 bits per heavy atom. The van der Waals surface area contributed by atoms with Crippen molar-refractivity contribution in [2.24, 2.45) is 0 Å². The van der Waals surface area contributed by atoms with E-state index in [0.717, 1.165) is 27.4 Å². The maximum atomic E-state index is 12.1. The van der Waals surface area contributed by atoms with Gasteiger partial charge < -0.3 is 11.1 Å². The van der Waals surface area contributed by atoms with Crippen LogP contribution >= 0.6 is 11.8 Å². The molecule has 1 amide bonds. The summed E-state index contributed by atoms with van der Waals surface area (Å²) in [5, 5.41) is 3.44. The molecule has 5 nitrogen and oxygen atoms in total. The highest BCUT2D eigenvalue weighted by atomic mass is 32.2. The Balaban J connectivity index is 1.96. The van der Waals surface area contributed by atoms with Gasteiger partial charge in [0.2, 0.25) is 11.9 Å². The van der Waals surface area contributed by atoms with E-state index in [9.17, 15) is 4.79 Å². The van der Waals surface area contributed by atoms with Crippen molar-refractivity contribution in [3.05, 3.63) is 53.7 Å². The molecule has 3 rings (SSSR count). The molecule has 1 unspecified atom stereocenters. The number of carbonyl (C=O) groups excluding carboxylic acids is 1. The molecule has 0 saturated carbocycles. The third-order valence-electron chi connectivity index (χ3n) is 3.68. The summed E-state index contributed by atoms with van der Waals surface area (Å²) in [5.74, 6) is 0.227. The lowest BCUT2D eigenvalue weighted by Crippen LogP contribution is -2.32. The lowest BCUT2D eigenvalue weighted by molar-refractivity contribution is -0.120. The summed E-state index contributed by atoms with van der Waals surface area (Å²) in [5.41, 5.74) is 9.32. The second kappa shape index (κ2) is 6.42. The number of hydrogen-bond acceptors (Lipinski definition) is 5. The predicted molar refractivity (Wildman–Crippen MR) is 93.1 cm³/mol. The molecule has 3 N–H and O–H groups in total. The molecule has 1 aromatic carbocycles. The average Bonchev–Trinajstić information content (AvgIpc) is 2.98. The van der Waals surface area contributed by atoms with Crippen LogP contribution in [0.2, 0.25) is 0 Å². The molecular weight excluding hydrogens is 308 g/mol. The smallest absolute Gasteiger partial charge is 0.233 e. The van der Waals surface area contributed by atoms with Gasteiger partial charge >= 0.3 is 0 Å². The van der Waals surface area contributed by atoms with Gasteiger partial charge in [0, 0.05) is 17.7 Å². The maximum Gasteiger partial charge on any atom is 0.233 e. The zero-order valence-corrected chi connectivity index (χ0v) is 13.7. The Hall–Kier alpha value is -2.34. The van der Waals surface area contributed by atoms with Gasteiger partial charge in [0.25, 0.3) is 0 Å². The maximum absolute atomic E-state index is 12.1. The lowest BCUT2D eigenvalue weighted by Gasteiger charge is -2.10. The molecule has 1 aromatic heterocycles. The summed E-state index contributed by atoms with van der Waals surface area (Å²) < 4.78 is 0. The first-order chi connectivity index (χ1) is 11.1. The monoisotopic (exact) mass is 326 g/mol. The van der Waals surface area contributed by atoms with Crippen LogP contribution in [0.4, 0.5) is 5.95 Å². The molecular formula is C17H18N4OS. The number of anilines is 1. The Labute approximate surface area is 139 Å². The van der Waals surface area contributed by atoms with Crippen LogP contribution in [-0.4, -0.2) is 27.7 Å². The summed E-state index contributed by atoms with van der Waals surface area (Å²) in [7, 11) is 0. The molecule has 0 aliphatic carbocycles. The van der Waals surface area contributed by atoms with Crippen molar-refractivity contribution < 1.29 is 4.79 Å². The first-order valence-corrected chi connectivity index (χ1v) is 8.33. The minimum atomic E-state index is -0.191. The van der Waals surface area contributed by atoms with Crippen molar-refractivity contribution in [1.29, 1.82) is 0 Å². The number of nitrogens with zero attached hydrogens (tertiary/aromatic N) is 2. The second-order valence-electron chi connectivity index (χ2n) is 5.26. The van der Waals surface area contributed by atoms with Crippen LogP contribution < -0.4 is 11.1 Å². The van der Waals surface area contributed by atoms with Gasteiger partial charge in [-0.15, -0.1) is 0 Å². The topological polar surface area (TPSA) is 80.9 Å². The number of hydrogen-bond donors (Lipinski definition) is 2. The fourth-order valence-corrected chi connectivity index (χ4v) is 3.76. The lowest BCUT2D eigenvalue weighted by atomic mass is 9.99. The Morgan fingerprint density at radius 1 is 1.39 bits per heavy atom. The normalized spacial score (nSPS) is 16.0. The molecule has 1 aliphatic rings. The van der Waals surface area contributed by atoms with Gasteiger partial charge in [0.1, 0.15) is 5.03 Å². The van der Waals surface area contributed by atoms with Gasteiger partial charge in [-0.3, -0.25) is 4.79 Å². The molecule has 0 fully saturated rings. The number of nitrogen functional groups attached to an aromatic ring is 1. The van der Waals surface area contributed by atoms with Crippen LogP contribution in [0.3, 0.4) is 0 Å². The third-order valence-corrected chi connectivity index (χ3v) is 4.91. The van der Waals surface area contributed by atoms with E-state index in [1.807, 2.05) is 37.3 Å². The summed E-state index contributed by atoms with van der Waals surface area (Å²) in [6.07, 6.45) is 0.591. The van der Waals surface area contributed by atoms with Crippen molar-refractivity contribution >= 4 is 29.2 Å². The fraction of sp³-hybridized carbons (Fsp3) is 0.235. The van der Waals surface area contributed by atoms with E-state index in [1.54, 1.807) is 0 Å². The quantitative estimate of drug-likeness (QED) is 0.843. The first-order valence-electron chi connectivity index (χ1n) is 7.45. The summed E-state index contributed by atoms with van der Waals surface area (Å²) in [6, 6.07) is 9.83. The molecule has 2 heterocycles. The van der Waals surface area contributed by atoms with Crippen LogP contribution in [-0.2, 0) is 11.2 Å². The molecule has 2 aromatic rings. The first kappa shape index (κ1) is 15.6. The van der Waals surface area contributed by atoms with Gasteiger partial charge in [0.15, 0.2) is 0 Å². The highest BCUT2D eigenvalue weighted by Crippen LogP contribution is 2.40. The zero-order chi connectivity index (χ0) is 16.4. The van der Waals surface area contributed by atoms with Crippen molar-refractivity contribution in [2.75, 3.05) is 12.3 Å². The van der Waals surface area contributed by atoms with Crippen molar-refractivity contribution in [1.82, 2.24) is 15.3 Å². The van der Waals surface area contributed by atoms with E-state index in [0.29, 0.717) is 13.0 Å². The standard InChI is InChI=1S/C17H18N4OS/c1-3-19-15(22)13-9-12-14(20-17(18)21-16(12)23-13)10(2)11-7-5-4-6-8-11/h4-8,13H,2-3,9H2,1H3,(H,19,22)(H2,18,20,21). The minimum absolute atomic E-state index is 0.0188. The molecule has 1 aliphatic heterocycles. The number of fused-ring (bicyclic) bond motifs is 1. The van der Waals surface area contributed by atoms with E-state index in [1.165, 1.54) is 11.8 Å². The Kier molecular flexibility index (Phi) is 4.34. The number of thioether (sulfide) groups is 1. The van der Waals surface area contributed by atoms with Gasteiger partial charge in [0.05, 0.1) is 10.9 Å². The molecule has 23 heavy (non-hydrogen) atoms. The zero-order valence-electron chi connectivity index (χ0n) is 12.9. The van der Waals surface area contributed by atoms with E-state index >= 15 is 0 Å². The molecule has 0 spiro atoms. The van der Waals surface area contributed by atoms with E-state index in [4.69, 9.17) is 5.73 Å². The highest BCUT2D eigenvalue weighted by molar-refractivity contribution is 8.00. The summed E-state index contributed by atoms with van der Waals surface area (Å²) >= 11 is 1.44. The van der Waals surface area contributed by atoms with Crippen LogP contribution in [0.1, 0.15) is 23.7 Å². The third kappa shape index (κ3) is 3.07. The van der Waals surface area contributed by atoms with E-state index < -0.39 is 0 Å². The summed E-state index contributed by atoms with van der Waals surface area (Å²) in [4.78, 5) is 20.8. The van der Waals surface area contributed by atoms with Crippen LogP contribution in [0, 0.1) is 0 Å². The number of rotatable bonds is 4. The van der Waals surface area contributed by atoms with Gasteiger partial charge in [-0.2, -0.15) is 0 Å². The number of nitrogens with two attached hydrogens (primary N) is 1. The van der Waals surface area contributed by atoms with Gasteiger partial charge in [-0.1, -0.05) is 48.7 Å². The molecule has 1 atom stereocenters. The largest absolute Gasteiger partial charge is 0.368 e. The van der Waals surface area contributed by atoms with Crippen LogP contribution in [0.15, 0.2) is 41.9 Å². The minimum Gasteiger partial charge on any atom is -0.368 e. The number of nitrogens with one attached hydrogen (secondary N) is 1. The second-order valence-corrected chi connectivity index (χ2v) is 6.46. The number of carbonyl (C=O) groups is 1. The van der Waals surface area contributed by atoms with Crippen LogP contribution in [0.25, 0.3) is 5.57 Å². The average molecular weight is 326 g/mol. The van der Waals surface area contributed by atoms with Crippen LogP contribution in [0.5, 0.6) is 0 Å². The molecule has 0 radical (unpaired) electrons. The van der Waals surface area contributed by atoms with Gasteiger partial charge in [-0.05, 0) is 18.9 Å². The van der Waals surface area contributed by atoms with Crippen molar-refractivity contribution in [3.63, 3.8) is 0 Å². The van der Waals surface area contributed by atoms with Crippen molar-refractivity contribution in [3.8, 4) is 0 Å². The van der Waals surface area contributed by atoms with Gasteiger partial charge in [-0.25, -0.2) is 9.97 Å². The number of benzene rings is 1. The number of amides is 1. The fourth-order valence-electron chi connectivity index (χ4n) is 2.58. The molecule has 6 heteroatoms. The molecule has 118 valence electrons. The van der Waals surface area contributed by atoms with Crippen molar-refractivity contribution in [2.45, 2.75) is 23.6 Å². The SMILES string of the molecule is C=C(c1ccccc1)c1nc(N)nc2c1CC(C(=O)NCC)S2.